The van der Waals surface area contributed by atoms with Crippen LogP contribution in [0.3, 0.4) is 0 Å². The van der Waals surface area contributed by atoms with E-state index in [1.165, 1.54) is 18.4 Å². The fraction of sp³-hybridized carbons (Fsp3) is 0.684. The Morgan fingerprint density at radius 3 is 2.09 bits per heavy atom. The van der Waals surface area contributed by atoms with E-state index in [0.29, 0.717) is 12.6 Å². The predicted octanol–water partition coefficient (Wildman–Crippen LogP) is 4.38. The molecule has 3 heteroatoms. The maximum absolute atomic E-state index is 6.04. The van der Waals surface area contributed by atoms with Crippen molar-refractivity contribution in [3.05, 3.63) is 29.8 Å². The highest BCUT2D eigenvalue weighted by Crippen LogP contribution is 2.23. The van der Waals surface area contributed by atoms with E-state index in [4.69, 9.17) is 10.5 Å². The van der Waals surface area contributed by atoms with E-state index >= 15 is 0 Å². The van der Waals surface area contributed by atoms with Gasteiger partial charge in [0, 0.05) is 12.6 Å². The van der Waals surface area contributed by atoms with E-state index in [0.717, 1.165) is 44.7 Å². The van der Waals surface area contributed by atoms with Crippen LogP contribution in [0, 0.1) is 0 Å². The molecule has 1 aromatic rings. The molecule has 126 valence electrons. The van der Waals surface area contributed by atoms with Gasteiger partial charge in [0.2, 0.25) is 0 Å². The molecule has 0 spiro atoms. The molecule has 1 unspecified atom stereocenters. The lowest BCUT2D eigenvalue weighted by Gasteiger charge is -2.30. The highest BCUT2D eigenvalue weighted by atomic mass is 16.5. The van der Waals surface area contributed by atoms with Crippen LogP contribution in [0.25, 0.3) is 0 Å². The molecule has 22 heavy (non-hydrogen) atoms. The Morgan fingerprint density at radius 1 is 0.955 bits per heavy atom. The normalized spacial score (nSPS) is 12.6. The van der Waals surface area contributed by atoms with Gasteiger partial charge < -0.3 is 10.5 Å². The van der Waals surface area contributed by atoms with E-state index in [2.05, 4.69) is 49.9 Å². The van der Waals surface area contributed by atoms with Crippen molar-refractivity contribution in [2.24, 2.45) is 5.73 Å². The van der Waals surface area contributed by atoms with Crippen LogP contribution in [-0.4, -0.2) is 31.1 Å². The molecule has 0 saturated carbocycles. The topological polar surface area (TPSA) is 38.5 Å². The summed E-state index contributed by atoms with van der Waals surface area (Å²) in [6.45, 7) is 10.3. The Hall–Kier alpha value is -1.06. The average molecular weight is 306 g/mol. The maximum Gasteiger partial charge on any atom is 0.119 e. The lowest BCUT2D eigenvalue weighted by molar-refractivity contribution is 0.202. The molecule has 1 aromatic carbocycles. The first-order valence-corrected chi connectivity index (χ1v) is 8.93. The third-order valence-electron chi connectivity index (χ3n) is 3.97. The molecule has 0 aliphatic carbocycles. The van der Waals surface area contributed by atoms with Crippen molar-refractivity contribution < 1.29 is 4.74 Å². The second kappa shape index (κ2) is 11.5. The van der Waals surface area contributed by atoms with Gasteiger partial charge in [-0.15, -0.1) is 0 Å². The molecule has 1 rings (SSSR count). The highest BCUT2D eigenvalue weighted by Gasteiger charge is 2.17. The molecule has 0 saturated heterocycles. The molecule has 0 aromatic heterocycles. The number of rotatable bonds is 12. The number of unbranched alkanes of at least 4 members (excludes halogenated alkanes) is 2. The predicted molar refractivity (Wildman–Crippen MR) is 95.4 cm³/mol. The summed E-state index contributed by atoms with van der Waals surface area (Å²) in [7, 11) is 0. The molecule has 0 radical (unpaired) electrons. The number of benzene rings is 1. The molecule has 1 atom stereocenters. The fourth-order valence-corrected chi connectivity index (χ4v) is 2.82. The van der Waals surface area contributed by atoms with Gasteiger partial charge in [0.25, 0.3) is 0 Å². The Kier molecular flexibility index (Phi) is 9.93. The summed E-state index contributed by atoms with van der Waals surface area (Å²) >= 11 is 0. The molecule has 0 bridgehead atoms. The standard InChI is InChI=1S/C19H34N2O/c1-4-7-8-15-22-18-11-9-17(10-12-18)19(16-20)21(13-5-2)14-6-3/h9-12,19H,4-8,13-16,20H2,1-3H3. The number of hydrogen-bond acceptors (Lipinski definition) is 3. The van der Waals surface area contributed by atoms with Gasteiger partial charge in [0.1, 0.15) is 5.75 Å². The third kappa shape index (κ3) is 6.37. The van der Waals surface area contributed by atoms with Gasteiger partial charge >= 0.3 is 0 Å². The Morgan fingerprint density at radius 2 is 1.59 bits per heavy atom. The number of hydrogen-bond donors (Lipinski definition) is 1. The third-order valence-corrected chi connectivity index (χ3v) is 3.97. The van der Waals surface area contributed by atoms with Gasteiger partial charge in [-0.25, -0.2) is 0 Å². The van der Waals surface area contributed by atoms with Crippen molar-refractivity contribution >= 4 is 0 Å². The van der Waals surface area contributed by atoms with Crippen LogP contribution in [-0.2, 0) is 0 Å². The zero-order valence-corrected chi connectivity index (χ0v) is 14.7. The van der Waals surface area contributed by atoms with Gasteiger partial charge in [-0.1, -0.05) is 45.7 Å². The summed E-state index contributed by atoms with van der Waals surface area (Å²) in [6.07, 6.45) is 5.91. The van der Waals surface area contributed by atoms with Crippen LogP contribution < -0.4 is 10.5 Å². The molecular formula is C19H34N2O. The Balaban J connectivity index is 2.64. The smallest absolute Gasteiger partial charge is 0.119 e. The van der Waals surface area contributed by atoms with Crippen LogP contribution in [0.15, 0.2) is 24.3 Å². The molecule has 0 aliphatic heterocycles. The first-order chi connectivity index (χ1) is 10.8. The second-order valence-corrected chi connectivity index (χ2v) is 5.91. The van der Waals surface area contributed by atoms with Gasteiger partial charge in [-0.05, 0) is 50.0 Å². The van der Waals surface area contributed by atoms with Crippen molar-refractivity contribution in [1.82, 2.24) is 4.90 Å². The molecule has 3 nitrogen and oxygen atoms in total. The molecule has 0 aliphatic rings. The van der Waals surface area contributed by atoms with Crippen molar-refractivity contribution in [1.29, 1.82) is 0 Å². The van der Waals surface area contributed by atoms with Gasteiger partial charge in [-0.2, -0.15) is 0 Å². The monoisotopic (exact) mass is 306 g/mol. The summed E-state index contributed by atoms with van der Waals surface area (Å²) in [5, 5.41) is 0. The van der Waals surface area contributed by atoms with E-state index < -0.39 is 0 Å². The second-order valence-electron chi connectivity index (χ2n) is 5.91. The van der Waals surface area contributed by atoms with Crippen molar-refractivity contribution in [3.8, 4) is 5.75 Å². The zero-order chi connectivity index (χ0) is 16.2. The summed E-state index contributed by atoms with van der Waals surface area (Å²) in [5.41, 5.74) is 7.34. The maximum atomic E-state index is 6.04. The summed E-state index contributed by atoms with van der Waals surface area (Å²) in [6, 6.07) is 8.82. The van der Waals surface area contributed by atoms with Gasteiger partial charge in [0.15, 0.2) is 0 Å². The highest BCUT2D eigenvalue weighted by molar-refractivity contribution is 5.29. The van der Waals surface area contributed by atoms with Crippen molar-refractivity contribution in [3.63, 3.8) is 0 Å². The Labute approximate surface area is 136 Å². The van der Waals surface area contributed by atoms with Crippen LogP contribution in [0.4, 0.5) is 0 Å². The lowest BCUT2D eigenvalue weighted by atomic mass is 10.0. The average Bonchev–Trinajstić information content (AvgIpc) is 2.54. The van der Waals surface area contributed by atoms with E-state index in [1.807, 2.05) is 0 Å². The minimum absolute atomic E-state index is 0.314. The number of nitrogens with two attached hydrogens (primary N) is 1. The van der Waals surface area contributed by atoms with E-state index in [1.54, 1.807) is 0 Å². The van der Waals surface area contributed by atoms with Crippen LogP contribution in [0.1, 0.15) is 64.5 Å². The molecule has 0 fully saturated rings. The lowest BCUT2D eigenvalue weighted by Crippen LogP contribution is -2.35. The molecular weight excluding hydrogens is 272 g/mol. The van der Waals surface area contributed by atoms with Gasteiger partial charge in [-0.3, -0.25) is 4.90 Å². The van der Waals surface area contributed by atoms with Crippen LogP contribution >= 0.6 is 0 Å². The zero-order valence-electron chi connectivity index (χ0n) is 14.7. The molecule has 0 amide bonds. The fourth-order valence-electron chi connectivity index (χ4n) is 2.82. The van der Waals surface area contributed by atoms with Crippen molar-refractivity contribution in [2.45, 2.75) is 58.9 Å². The van der Waals surface area contributed by atoms with Crippen LogP contribution in [0.5, 0.6) is 5.75 Å². The first-order valence-electron chi connectivity index (χ1n) is 8.93. The first kappa shape index (κ1) is 19.0. The molecule has 0 heterocycles. The minimum Gasteiger partial charge on any atom is -0.494 e. The Bertz CT molecular complexity index is 372. The van der Waals surface area contributed by atoms with Gasteiger partial charge in [0.05, 0.1) is 6.61 Å². The van der Waals surface area contributed by atoms with Crippen LogP contribution in [0.2, 0.25) is 0 Å². The number of ether oxygens (including phenoxy) is 1. The van der Waals surface area contributed by atoms with Crippen molar-refractivity contribution in [2.75, 3.05) is 26.2 Å². The quantitative estimate of drug-likeness (QED) is 0.582. The van der Waals surface area contributed by atoms with E-state index in [-0.39, 0.29) is 0 Å². The summed E-state index contributed by atoms with van der Waals surface area (Å²) < 4.78 is 5.79. The number of nitrogens with zero attached hydrogens (tertiary/aromatic N) is 1. The molecule has 2 N–H and O–H groups in total. The SMILES string of the molecule is CCCCCOc1ccc(C(CN)N(CCC)CCC)cc1. The minimum atomic E-state index is 0.314. The largest absolute Gasteiger partial charge is 0.494 e. The summed E-state index contributed by atoms with van der Waals surface area (Å²) in [4.78, 5) is 2.50. The van der Waals surface area contributed by atoms with E-state index in [9.17, 15) is 0 Å². The summed E-state index contributed by atoms with van der Waals surface area (Å²) in [5.74, 6) is 0.966.